The molecule has 0 aliphatic carbocycles. The number of benzene rings is 1. The van der Waals surface area contributed by atoms with Gasteiger partial charge >= 0.3 is 0 Å². The van der Waals surface area contributed by atoms with Gasteiger partial charge in [-0.1, -0.05) is 6.07 Å². The highest BCUT2D eigenvalue weighted by atomic mass is 32.1. The van der Waals surface area contributed by atoms with Crippen molar-refractivity contribution in [3.8, 4) is 5.75 Å². The minimum absolute atomic E-state index is 0.146. The first-order chi connectivity index (χ1) is 11.5. The van der Waals surface area contributed by atoms with E-state index in [0.29, 0.717) is 23.7 Å². The van der Waals surface area contributed by atoms with Gasteiger partial charge in [0.15, 0.2) is 0 Å². The van der Waals surface area contributed by atoms with Gasteiger partial charge in [-0.15, -0.1) is 11.3 Å². The number of nitrogens with zero attached hydrogens (tertiary/aromatic N) is 1. The van der Waals surface area contributed by atoms with E-state index in [-0.39, 0.29) is 18.4 Å². The van der Waals surface area contributed by atoms with Gasteiger partial charge in [0.25, 0.3) is 0 Å². The molecule has 0 radical (unpaired) electrons. The third-order valence-corrected chi connectivity index (χ3v) is 4.07. The summed E-state index contributed by atoms with van der Waals surface area (Å²) >= 11 is 1.66. The minimum atomic E-state index is -0.173. The molecule has 2 aromatic rings. The lowest BCUT2D eigenvalue weighted by molar-refractivity contribution is -0.117. The molecule has 0 unspecified atom stereocenters. The Morgan fingerprint density at radius 1 is 1.25 bits per heavy atom. The standard InChI is InChI=1S/C17H21N3O3S/c1-12(21)18-13-6-7-16(23-3)15(9-13)19-17(22)11-20(2)10-14-5-4-8-24-14/h4-9H,10-11H2,1-3H3,(H,18,21)(H,19,22). The van der Waals surface area contributed by atoms with Crippen molar-refractivity contribution in [3.63, 3.8) is 0 Å². The monoisotopic (exact) mass is 347 g/mol. The second kappa shape index (κ2) is 8.47. The van der Waals surface area contributed by atoms with Crippen molar-refractivity contribution in [1.82, 2.24) is 4.90 Å². The predicted molar refractivity (Wildman–Crippen MR) is 96.6 cm³/mol. The van der Waals surface area contributed by atoms with Gasteiger partial charge < -0.3 is 15.4 Å². The van der Waals surface area contributed by atoms with E-state index in [0.717, 1.165) is 0 Å². The number of methoxy groups -OCH3 is 1. The fourth-order valence-electron chi connectivity index (χ4n) is 2.25. The summed E-state index contributed by atoms with van der Waals surface area (Å²) < 4.78 is 5.26. The Labute approximate surface area is 145 Å². The van der Waals surface area contributed by atoms with Gasteiger partial charge in [-0.2, -0.15) is 0 Å². The molecule has 0 aliphatic heterocycles. The molecule has 1 heterocycles. The quantitative estimate of drug-likeness (QED) is 0.808. The molecule has 0 aliphatic rings. The van der Waals surface area contributed by atoms with Crippen LogP contribution in [0.3, 0.4) is 0 Å². The van der Waals surface area contributed by atoms with E-state index in [1.807, 2.05) is 29.5 Å². The summed E-state index contributed by atoms with van der Waals surface area (Å²) in [5.41, 5.74) is 1.13. The van der Waals surface area contributed by atoms with E-state index < -0.39 is 0 Å². The molecule has 1 aromatic heterocycles. The lowest BCUT2D eigenvalue weighted by Crippen LogP contribution is -2.29. The lowest BCUT2D eigenvalue weighted by atomic mass is 10.2. The molecule has 0 fully saturated rings. The largest absolute Gasteiger partial charge is 0.495 e. The molecule has 0 saturated carbocycles. The number of nitrogens with one attached hydrogen (secondary N) is 2. The van der Waals surface area contributed by atoms with E-state index in [9.17, 15) is 9.59 Å². The van der Waals surface area contributed by atoms with Crippen LogP contribution in [0.15, 0.2) is 35.7 Å². The highest BCUT2D eigenvalue weighted by Crippen LogP contribution is 2.27. The van der Waals surface area contributed by atoms with Crippen LogP contribution >= 0.6 is 11.3 Å². The van der Waals surface area contributed by atoms with Gasteiger partial charge in [-0.3, -0.25) is 14.5 Å². The van der Waals surface area contributed by atoms with Crippen LogP contribution in [0.25, 0.3) is 0 Å². The number of thiophene rings is 1. The molecule has 24 heavy (non-hydrogen) atoms. The third-order valence-electron chi connectivity index (χ3n) is 3.21. The number of amides is 2. The molecular weight excluding hydrogens is 326 g/mol. The Morgan fingerprint density at radius 2 is 2.04 bits per heavy atom. The van der Waals surface area contributed by atoms with Crippen LogP contribution in [-0.4, -0.2) is 37.4 Å². The van der Waals surface area contributed by atoms with Crippen LogP contribution in [0.4, 0.5) is 11.4 Å². The number of carbonyl (C=O) groups is 2. The smallest absolute Gasteiger partial charge is 0.238 e. The van der Waals surface area contributed by atoms with Crippen LogP contribution in [-0.2, 0) is 16.1 Å². The predicted octanol–water partition coefficient (Wildman–Crippen LogP) is 2.79. The number of anilines is 2. The fraction of sp³-hybridized carbons (Fsp3) is 0.294. The molecule has 2 amide bonds. The Balaban J connectivity index is 2.00. The number of likely N-dealkylation sites (N-methyl/N-ethyl adjacent to an activating group) is 1. The lowest BCUT2D eigenvalue weighted by Gasteiger charge is -2.17. The van der Waals surface area contributed by atoms with Crippen LogP contribution < -0.4 is 15.4 Å². The number of hydrogen-bond donors (Lipinski definition) is 2. The summed E-state index contributed by atoms with van der Waals surface area (Å²) in [6, 6.07) is 9.14. The molecule has 128 valence electrons. The van der Waals surface area contributed by atoms with E-state index in [2.05, 4.69) is 10.6 Å². The van der Waals surface area contributed by atoms with Crippen molar-refractivity contribution in [1.29, 1.82) is 0 Å². The van der Waals surface area contributed by atoms with Crippen LogP contribution in [0.2, 0.25) is 0 Å². The Bertz CT molecular complexity index is 701. The van der Waals surface area contributed by atoms with Crippen molar-refractivity contribution >= 4 is 34.5 Å². The van der Waals surface area contributed by atoms with Gasteiger partial charge in [-0.05, 0) is 36.7 Å². The zero-order valence-electron chi connectivity index (χ0n) is 14.0. The Kier molecular flexibility index (Phi) is 6.34. The first-order valence-corrected chi connectivity index (χ1v) is 8.32. The zero-order chi connectivity index (χ0) is 17.5. The summed E-state index contributed by atoms with van der Waals surface area (Å²) in [5.74, 6) is 0.221. The van der Waals surface area contributed by atoms with Gasteiger partial charge in [0, 0.05) is 24.0 Å². The van der Waals surface area contributed by atoms with Gasteiger partial charge in [0.05, 0.1) is 19.3 Å². The maximum absolute atomic E-state index is 12.3. The first kappa shape index (κ1) is 18.0. The Morgan fingerprint density at radius 3 is 2.67 bits per heavy atom. The number of rotatable bonds is 7. The highest BCUT2D eigenvalue weighted by Gasteiger charge is 2.12. The van der Waals surface area contributed by atoms with E-state index in [1.165, 1.54) is 18.9 Å². The molecular formula is C17H21N3O3S. The van der Waals surface area contributed by atoms with E-state index >= 15 is 0 Å². The van der Waals surface area contributed by atoms with Crippen LogP contribution in [0, 0.1) is 0 Å². The molecule has 0 atom stereocenters. The van der Waals surface area contributed by atoms with Gasteiger partial charge in [0.2, 0.25) is 11.8 Å². The first-order valence-electron chi connectivity index (χ1n) is 7.44. The van der Waals surface area contributed by atoms with Gasteiger partial charge in [-0.25, -0.2) is 0 Å². The molecule has 0 saturated heterocycles. The summed E-state index contributed by atoms with van der Waals surface area (Å²) in [6.07, 6.45) is 0. The molecule has 6 nitrogen and oxygen atoms in total. The van der Waals surface area contributed by atoms with Crippen molar-refractivity contribution in [2.75, 3.05) is 31.3 Å². The van der Waals surface area contributed by atoms with Crippen molar-refractivity contribution in [3.05, 3.63) is 40.6 Å². The topological polar surface area (TPSA) is 70.7 Å². The fourth-order valence-corrected chi connectivity index (χ4v) is 3.03. The maximum Gasteiger partial charge on any atom is 0.238 e. The van der Waals surface area contributed by atoms with E-state index in [1.54, 1.807) is 29.5 Å². The third kappa shape index (κ3) is 5.36. The number of ether oxygens (including phenoxy) is 1. The summed E-state index contributed by atoms with van der Waals surface area (Å²) in [5, 5.41) is 7.53. The highest BCUT2D eigenvalue weighted by molar-refractivity contribution is 7.09. The number of carbonyl (C=O) groups excluding carboxylic acids is 2. The molecule has 0 bridgehead atoms. The SMILES string of the molecule is COc1ccc(NC(C)=O)cc1NC(=O)CN(C)Cc1cccs1. The normalized spacial score (nSPS) is 10.5. The van der Waals surface area contributed by atoms with Crippen molar-refractivity contribution in [2.24, 2.45) is 0 Å². The van der Waals surface area contributed by atoms with Crippen LogP contribution in [0.5, 0.6) is 5.75 Å². The number of hydrogen-bond acceptors (Lipinski definition) is 5. The zero-order valence-corrected chi connectivity index (χ0v) is 14.8. The minimum Gasteiger partial charge on any atom is -0.495 e. The molecule has 2 rings (SSSR count). The summed E-state index contributed by atoms with van der Waals surface area (Å²) in [4.78, 5) is 26.6. The molecule has 7 heteroatoms. The molecule has 2 N–H and O–H groups in total. The van der Waals surface area contributed by atoms with Crippen molar-refractivity contribution in [2.45, 2.75) is 13.5 Å². The second-order valence-corrected chi connectivity index (χ2v) is 6.43. The van der Waals surface area contributed by atoms with Crippen LogP contribution in [0.1, 0.15) is 11.8 Å². The van der Waals surface area contributed by atoms with Crippen molar-refractivity contribution < 1.29 is 14.3 Å². The molecule has 0 spiro atoms. The summed E-state index contributed by atoms with van der Waals surface area (Å²) in [6.45, 7) is 2.40. The Hall–Kier alpha value is -2.38. The average molecular weight is 347 g/mol. The second-order valence-electron chi connectivity index (χ2n) is 5.40. The van der Waals surface area contributed by atoms with Gasteiger partial charge in [0.1, 0.15) is 5.75 Å². The molecule has 1 aromatic carbocycles. The summed E-state index contributed by atoms with van der Waals surface area (Å²) in [7, 11) is 3.43. The maximum atomic E-state index is 12.3. The van der Waals surface area contributed by atoms with E-state index in [4.69, 9.17) is 4.74 Å². The average Bonchev–Trinajstić information content (AvgIpc) is 2.99.